The van der Waals surface area contributed by atoms with Crippen molar-refractivity contribution >= 4 is 17.9 Å². The molecule has 2 unspecified atom stereocenters. The molecule has 0 bridgehead atoms. The highest BCUT2D eigenvalue weighted by molar-refractivity contribution is 5.70. The number of carboxylic acids is 1. The van der Waals surface area contributed by atoms with Gasteiger partial charge in [-0.3, -0.25) is 9.59 Å². The molecule has 0 aliphatic heterocycles. The number of esters is 2. The number of ether oxygens (including phenoxy) is 3. The van der Waals surface area contributed by atoms with E-state index in [-0.39, 0.29) is 43.1 Å². The number of aliphatic carboxylic acids is 1. The summed E-state index contributed by atoms with van der Waals surface area (Å²) in [5.41, 5.74) is 0. The molecule has 0 heterocycles. The lowest BCUT2D eigenvalue weighted by atomic mass is 10.1. The van der Waals surface area contributed by atoms with Gasteiger partial charge in [0.1, 0.15) is 12.6 Å². The van der Waals surface area contributed by atoms with Crippen LogP contribution in [0.1, 0.15) is 104 Å². The standard InChI is InChI=1S/C33H57NO7/c1-6-8-10-12-14-15-16-18-19-21-23-31(35)40-28-29(27-39-26-25-30(33(37)38)34(3,4)5)41-32(36)24-22-20-17-13-11-9-7-2/h9,11-12,14,17,20,29-30H,6-8,10,13,15-16,18-19,21-28H2,1-5H3/b11-9+,14-12+,20-17+. The van der Waals surface area contributed by atoms with Crippen LogP contribution < -0.4 is 5.11 Å². The summed E-state index contributed by atoms with van der Waals surface area (Å²) in [4.78, 5) is 36.2. The highest BCUT2D eigenvalue weighted by Gasteiger charge is 2.25. The molecule has 0 aromatic carbocycles. The van der Waals surface area contributed by atoms with Crippen LogP contribution in [-0.4, -0.2) is 75.5 Å². The van der Waals surface area contributed by atoms with Crippen LogP contribution in [0.3, 0.4) is 0 Å². The average molecular weight is 580 g/mol. The Bertz CT molecular complexity index is 783. The molecule has 8 nitrogen and oxygen atoms in total. The second kappa shape index (κ2) is 25.3. The Morgan fingerprint density at radius 2 is 1.41 bits per heavy atom. The molecule has 0 aromatic heterocycles. The van der Waals surface area contributed by atoms with Crippen LogP contribution >= 0.6 is 0 Å². The van der Waals surface area contributed by atoms with Gasteiger partial charge in [0, 0.05) is 19.3 Å². The Balaban J connectivity index is 4.58. The van der Waals surface area contributed by atoms with Gasteiger partial charge >= 0.3 is 11.9 Å². The lowest BCUT2D eigenvalue weighted by Gasteiger charge is -2.34. The normalized spacial score (nSPS) is 13.7. The van der Waals surface area contributed by atoms with Crippen molar-refractivity contribution in [2.45, 2.75) is 116 Å². The quantitative estimate of drug-likeness (QED) is 0.0581. The van der Waals surface area contributed by atoms with Crippen LogP contribution in [0.15, 0.2) is 36.5 Å². The minimum atomic E-state index is -1.14. The Kier molecular flexibility index (Phi) is 23.8. The number of likely N-dealkylation sites (N-methyl/N-ethyl adjacent to an activating group) is 1. The van der Waals surface area contributed by atoms with Crippen molar-refractivity contribution in [3.05, 3.63) is 36.5 Å². The molecule has 0 saturated carbocycles. The molecular formula is C33H57NO7. The summed E-state index contributed by atoms with van der Waals surface area (Å²) in [6.45, 7) is 4.34. The van der Waals surface area contributed by atoms with E-state index in [0.29, 0.717) is 12.8 Å². The fourth-order valence-corrected chi connectivity index (χ4v) is 4.05. The van der Waals surface area contributed by atoms with E-state index in [1.807, 2.05) is 12.2 Å². The fourth-order valence-electron chi connectivity index (χ4n) is 4.05. The molecule has 0 radical (unpaired) electrons. The van der Waals surface area contributed by atoms with Crippen LogP contribution in [-0.2, 0) is 28.6 Å². The zero-order valence-corrected chi connectivity index (χ0v) is 26.4. The number of rotatable bonds is 26. The highest BCUT2D eigenvalue weighted by atomic mass is 16.6. The molecule has 0 fully saturated rings. The predicted molar refractivity (Wildman–Crippen MR) is 162 cm³/mol. The van der Waals surface area contributed by atoms with Crippen molar-refractivity contribution in [1.29, 1.82) is 0 Å². The summed E-state index contributed by atoms with van der Waals surface area (Å²) >= 11 is 0. The minimum Gasteiger partial charge on any atom is -0.544 e. The smallest absolute Gasteiger partial charge is 0.306 e. The summed E-state index contributed by atoms with van der Waals surface area (Å²) in [7, 11) is 5.35. The number of quaternary nitrogens is 1. The summed E-state index contributed by atoms with van der Waals surface area (Å²) < 4.78 is 16.8. The van der Waals surface area contributed by atoms with Crippen molar-refractivity contribution in [3.63, 3.8) is 0 Å². The Labute approximate surface area is 249 Å². The maximum atomic E-state index is 12.4. The topological polar surface area (TPSA) is 102 Å². The van der Waals surface area contributed by atoms with Gasteiger partial charge in [-0.2, -0.15) is 0 Å². The molecule has 41 heavy (non-hydrogen) atoms. The minimum absolute atomic E-state index is 0.0133. The Morgan fingerprint density at radius 3 is 2.07 bits per heavy atom. The second-order valence-electron chi connectivity index (χ2n) is 11.3. The first-order chi connectivity index (χ1) is 19.6. The van der Waals surface area contributed by atoms with E-state index in [9.17, 15) is 19.5 Å². The number of unbranched alkanes of at least 4 members (excludes halogenated alkanes) is 6. The molecule has 236 valence electrons. The number of carbonyl (C=O) groups excluding carboxylic acids is 3. The molecule has 0 aliphatic rings. The monoisotopic (exact) mass is 579 g/mol. The van der Waals surface area contributed by atoms with Crippen LogP contribution in [0.4, 0.5) is 0 Å². The molecular weight excluding hydrogens is 522 g/mol. The zero-order chi connectivity index (χ0) is 30.8. The van der Waals surface area contributed by atoms with Crippen molar-refractivity contribution in [2.75, 3.05) is 41.0 Å². The van der Waals surface area contributed by atoms with Crippen molar-refractivity contribution in [1.82, 2.24) is 0 Å². The number of carbonyl (C=O) groups is 3. The lowest BCUT2D eigenvalue weighted by Crippen LogP contribution is -2.55. The zero-order valence-electron chi connectivity index (χ0n) is 26.4. The lowest BCUT2D eigenvalue weighted by molar-refractivity contribution is -0.889. The van der Waals surface area contributed by atoms with Crippen LogP contribution in [0.25, 0.3) is 0 Å². The fraction of sp³-hybridized carbons (Fsp3) is 0.727. The van der Waals surface area contributed by atoms with Crippen LogP contribution in [0.5, 0.6) is 0 Å². The van der Waals surface area contributed by atoms with Gasteiger partial charge in [0.05, 0.1) is 40.3 Å². The van der Waals surface area contributed by atoms with E-state index < -0.39 is 24.1 Å². The maximum absolute atomic E-state index is 12.4. The number of allylic oxidation sites excluding steroid dienone is 6. The second-order valence-corrected chi connectivity index (χ2v) is 11.3. The molecule has 8 heteroatoms. The first kappa shape index (κ1) is 38.5. The third-order valence-electron chi connectivity index (χ3n) is 6.52. The molecule has 0 aliphatic carbocycles. The van der Waals surface area contributed by atoms with Gasteiger partial charge in [0.15, 0.2) is 6.10 Å². The molecule has 0 amide bonds. The molecule has 0 aromatic rings. The van der Waals surface area contributed by atoms with Gasteiger partial charge in [-0.05, 0) is 44.9 Å². The number of hydrogen-bond acceptors (Lipinski definition) is 7. The Hall–Kier alpha value is -2.45. The van der Waals surface area contributed by atoms with Crippen molar-refractivity contribution < 1.29 is 38.2 Å². The molecule has 0 saturated heterocycles. The van der Waals surface area contributed by atoms with Gasteiger partial charge in [-0.25, -0.2) is 0 Å². The summed E-state index contributed by atoms with van der Waals surface area (Å²) in [6, 6.07) is -0.732. The predicted octanol–water partition coefficient (Wildman–Crippen LogP) is 5.45. The van der Waals surface area contributed by atoms with Gasteiger partial charge in [-0.15, -0.1) is 0 Å². The third kappa shape index (κ3) is 23.9. The maximum Gasteiger partial charge on any atom is 0.306 e. The van der Waals surface area contributed by atoms with Crippen LogP contribution in [0.2, 0.25) is 0 Å². The van der Waals surface area contributed by atoms with E-state index in [0.717, 1.165) is 51.4 Å². The third-order valence-corrected chi connectivity index (χ3v) is 6.52. The number of carboxylic acid groups (broad SMARTS) is 1. The van der Waals surface area contributed by atoms with E-state index >= 15 is 0 Å². The van der Waals surface area contributed by atoms with Gasteiger partial charge in [0.25, 0.3) is 0 Å². The number of nitrogens with zero attached hydrogens (tertiary/aromatic N) is 1. The first-order valence-corrected chi connectivity index (χ1v) is 15.5. The van der Waals surface area contributed by atoms with Gasteiger partial charge < -0.3 is 28.6 Å². The average Bonchev–Trinajstić information content (AvgIpc) is 2.91. The van der Waals surface area contributed by atoms with Crippen LogP contribution in [0, 0.1) is 0 Å². The molecule has 0 spiro atoms. The molecule has 0 rings (SSSR count). The van der Waals surface area contributed by atoms with Gasteiger partial charge in [0.2, 0.25) is 0 Å². The van der Waals surface area contributed by atoms with E-state index in [1.54, 1.807) is 21.1 Å². The SMILES string of the molecule is CC/C=C/C/C=C/CCC(=O)OC(COCCC(C(=O)[O-])[N+](C)(C)C)COC(=O)CCCCCC/C=C/CCCC. The first-order valence-electron chi connectivity index (χ1n) is 15.5. The highest BCUT2D eigenvalue weighted by Crippen LogP contribution is 2.10. The Morgan fingerprint density at radius 1 is 0.756 bits per heavy atom. The summed E-state index contributed by atoms with van der Waals surface area (Å²) in [6.07, 6.45) is 23.6. The van der Waals surface area contributed by atoms with E-state index in [2.05, 4.69) is 38.2 Å². The summed E-state index contributed by atoms with van der Waals surface area (Å²) in [5.74, 6) is -1.86. The molecule has 2 atom stereocenters. The number of hydrogen-bond donors (Lipinski definition) is 0. The molecule has 0 N–H and O–H groups in total. The van der Waals surface area contributed by atoms with Crippen molar-refractivity contribution in [2.24, 2.45) is 0 Å². The van der Waals surface area contributed by atoms with Crippen molar-refractivity contribution in [3.8, 4) is 0 Å². The van der Waals surface area contributed by atoms with Gasteiger partial charge in [-0.1, -0.05) is 76.0 Å². The summed E-state index contributed by atoms with van der Waals surface area (Å²) in [5, 5.41) is 11.5. The largest absolute Gasteiger partial charge is 0.544 e. The van der Waals surface area contributed by atoms with E-state index in [4.69, 9.17) is 14.2 Å². The van der Waals surface area contributed by atoms with E-state index in [1.165, 1.54) is 12.8 Å².